The predicted octanol–water partition coefficient (Wildman–Crippen LogP) is 2.37. The highest BCUT2D eigenvalue weighted by molar-refractivity contribution is 5.20. The maximum absolute atomic E-state index is 5.25. The minimum Gasteiger partial charge on any atom is -0.404 e. The molecule has 0 radical (unpaired) electrons. The standard InChI is InChI=1S/C9H15N/c1-8(2)5-4-6-9(3)7-10/h4-7H,10H2,1-3H3/b6-4-,9-7-. The van der Waals surface area contributed by atoms with Gasteiger partial charge in [-0.15, -0.1) is 0 Å². The molecule has 56 valence electrons. The van der Waals surface area contributed by atoms with E-state index in [0.717, 1.165) is 5.57 Å². The lowest BCUT2D eigenvalue weighted by atomic mass is 10.2. The molecule has 0 bridgehead atoms. The minimum absolute atomic E-state index is 1.08. The summed E-state index contributed by atoms with van der Waals surface area (Å²) in [5, 5.41) is 0. The summed E-state index contributed by atoms with van der Waals surface area (Å²) in [6.45, 7) is 6.09. The van der Waals surface area contributed by atoms with Gasteiger partial charge in [0, 0.05) is 0 Å². The second kappa shape index (κ2) is 4.86. The van der Waals surface area contributed by atoms with Gasteiger partial charge in [0.25, 0.3) is 0 Å². The van der Waals surface area contributed by atoms with Crippen LogP contribution in [0.3, 0.4) is 0 Å². The third-order valence-electron chi connectivity index (χ3n) is 1.05. The molecule has 1 heteroatoms. The quantitative estimate of drug-likeness (QED) is 0.581. The predicted molar refractivity (Wildman–Crippen MR) is 46.5 cm³/mol. The third kappa shape index (κ3) is 5.16. The molecule has 0 amide bonds. The first kappa shape index (κ1) is 9.02. The molecule has 10 heavy (non-hydrogen) atoms. The van der Waals surface area contributed by atoms with Gasteiger partial charge in [0.1, 0.15) is 0 Å². The maximum atomic E-state index is 5.25. The van der Waals surface area contributed by atoms with E-state index in [0.29, 0.717) is 0 Å². The molecular weight excluding hydrogens is 122 g/mol. The zero-order valence-electron chi connectivity index (χ0n) is 6.89. The molecule has 0 aliphatic carbocycles. The van der Waals surface area contributed by atoms with E-state index in [1.807, 2.05) is 25.2 Å². The van der Waals surface area contributed by atoms with E-state index in [2.05, 4.69) is 13.8 Å². The summed E-state index contributed by atoms with van der Waals surface area (Å²) in [6.07, 6.45) is 7.61. The van der Waals surface area contributed by atoms with Gasteiger partial charge in [0.05, 0.1) is 0 Å². The molecule has 0 aliphatic rings. The van der Waals surface area contributed by atoms with Gasteiger partial charge in [-0.25, -0.2) is 0 Å². The molecule has 0 aliphatic heterocycles. The van der Waals surface area contributed by atoms with Gasteiger partial charge in [-0.1, -0.05) is 23.8 Å². The van der Waals surface area contributed by atoms with E-state index in [9.17, 15) is 0 Å². The van der Waals surface area contributed by atoms with Crippen LogP contribution in [-0.2, 0) is 0 Å². The Morgan fingerprint density at radius 2 is 1.80 bits per heavy atom. The summed E-state index contributed by atoms with van der Waals surface area (Å²) in [5.74, 6) is 0. The largest absolute Gasteiger partial charge is 0.404 e. The van der Waals surface area contributed by atoms with Gasteiger partial charge in [0.15, 0.2) is 0 Å². The van der Waals surface area contributed by atoms with Crippen molar-refractivity contribution < 1.29 is 0 Å². The van der Waals surface area contributed by atoms with Gasteiger partial charge < -0.3 is 5.73 Å². The second-order valence-electron chi connectivity index (χ2n) is 2.51. The van der Waals surface area contributed by atoms with Crippen molar-refractivity contribution in [3.8, 4) is 0 Å². The lowest BCUT2D eigenvalue weighted by Crippen LogP contribution is -1.79. The Labute approximate surface area is 62.9 Å². The average molecular weight is 137 g/mol. The Balaban J connectivity index is 3.90. The van der Waals surface area contributed by atoms with Crippen molar-refractivity contribution in [2.45, 2.75) is 20.8 Å². The average Bonchev–Trinajstić information content (AvgIpc) is 1.87. The zero-order chi connectivity index (χ0) is 7.98. The number of nitrogens with two attached hydrogens (primary N) is 1. The molecule has 0 aromatic heterocycles. The highest BCUT2D eigenvalue weighted by Gasteiger charge is 1.74. The van der Waals surface area contributed by atoms with Crippen molar-refractivity contribution in [1.82, 2.24) is 0 Å². The number of rotatable bonds is 2. The Bertz CT molecular complexity index is 169. The summed E-state index contributed by atoms with van der Waals surface area (Å²) >= 11 is 0. The fraction of sp³-hybridized carbons (Fsp3) is 0.333. The van der Waals surface area contributed by atoms with Crippen LogP contribution in [0, 0.1) is 0 Å². The Morgan fingerprint density at radius 3 is 2.20 bits per heavy atom. The zero-order valence-corrected chi connectivity index (χ0v) is 6.89. The van der Waals surface area contributed by atoms with Gasteiger partial charge in [0.2, 0.25) is 0 Å². The highest BCUT2D eigenvalue weighted by atomic mass is 14.5. The molecule has 0 spiro atoms. The molecule has 2 N–H and O–H groups in total. The van der Waals surface area contributed by atoms with Crippen LogP contribution in [0.25, 0.3) is 0 Å². The maximum Gasteiger partial charge on any atom is -0.00325 e. The van der Waals surface area contributed by atoms with E-state index >= 15 is 0 Å². The van der Waals surface area contributed by atoms with E-state index in [1.165, 1.54) is 5.57 Å². The summed E-state index contributed by atoms with van der Waals surface area (Å²) in [7, 11) is 0. The van der Waals surface area contributed by atoms with Gasteiger partial charge >= 0.3 is 0 Å². The number of hydrogen-bond donors (Lipinski definition) is 1. The SMILES string of the molecule is CC(C)=C/C=C\C(C)=C/N. The van der Waals surface area contributed by atoms with Crippen molar-refractivity contribution in [3.05, 3.63) is 35.6 Å². The molecule has 0 saturated heterocycles. The van der Waals surface area contributed by atoms with Crippen molar-refractivity contribution in [1.29, 1.82) is 0 Å². The Kier molecular flexibility index (Phi) is 4.38. The first-order chi connectivity index (χ1) is 4.66. The van der Waals surface area contributed by atoms with Crippen molar-refractivity contribution >= 4 is 0 Å². The van der Waals surface area contributed by atoms with Crippen molar-refractivity contribution in [3.63, 3.8) is 0 Å². The molecule has 0 aromatic rings. The smallest absolute Gasteiger partial charge is 0.00325 e. The molecule has 0 unspecified atom stereocenters. The normalized spacial score (nSPS) is 12.1. The molecule has 1 nitrogen and oxygen atoms in total. The minimum atomic E-state index is 1.08. The monoisotopic (exact) mass is 137 g/mol. The van der Waals surface area contributed by atoms with Crippen LogP contribution in [0.2, 0.25) is 0 Å². The molecule has 0 saturated carbocycles. The topological polar surface area (TPSA) is 26.0 Å². The van der Waals surface area contributed by atoms with Crippen LogP contribution in [0.5, 0.6) is 0 Å². The summed E-state index contributed by atoms with van der Waals surface area (Å²) in [6, 6.07) is 0. The second-order valence-corrected chi connectivity index (χ2v) is 2.51. The molecule has 0 rings (SSSR count). The summed E-state index contributed by atoms with van der Waals surface area (Å²) in [5.41, 5.74) is 7.63. The summed E-state index contributed by atoms with van der Waals surface area (Å²) < 4.78 is 0. The van der Waals surface area contributed by atoms with Crippen LogP contribution >= 0.6 is 0 Å². The van der Waals surface area contributed by atoms with E-state index in [1.54, 1.807) is 6.20 Å². The van der Waals surface area contributed by atoms with Gasteiger partial charge in [-0.2, -0.15) is 0 Å². The van der Waals surface area contributed by atoms with Crippen molar-refractivity contribution in [2.75, 3.05) is 0 Å². The van der Waals surface area contributed by atoms with Gasteiger partial charge in [-0.05, 0) is 32.5 Å². The van der Waals surface area contributed by atoms with Crippen molar-refractivity contribution in [2.24, 2.45) is 5.73 Å². The lowest BCUT2D eigenvalue weighted by molar-refractivity contribution is 1.38. The van der Waals surface area contributed by atoms with Crippen LogP contribution < -0.4 is 5.73 Å². The molecular formula is C9H15N. The third-order valence-corrected chi connectivity index (χ3v) is 1.05. The van der Waals surface area contributed by atoms with E-state index < -0.39 is 0 Å². The number of hydrogen-bond acceptors (Lipinski definition) is 1. The molecule has 0 fully saturated rings. The highest BCUT2D eigenvalue weighted by Crippen LogP contribution is 1.94. The van der Waals surface area contributed by atoms with E-state index in [-0.39, 0.29) is 0 Å². The molecule has 0 atom stereocenters. The fourth-order valence-electron chi connectivity index (χ4n) is 0.448. The number of allylic oxidation sites excluding steroid dienone is 5. The van der Waals surface area contributed by atoms with Crippen LogP contribution in [0.15, 0.2) is 35.6 Å². The molecule has 0 heterocycles. The lowest BCUT2D eigenvalue weighted by Gasteiger charge is -1.85. The van der Waals surface area contributed by atoms with Crippen LogP contribution in [0.1, 0.15) is 20.8 Å². The molecule has 0 aromatic carbocycles. The Morgan fingerprint density at radius 1 is 1.20 bits per heavy atom. The fourth-order valence-corrected chi connectivity index (χ4v) is 0.448. The van der Waals surface area contributed by atoms with Crippen LogP contribution in [-0.4, -0.2) is 0 Å². The summed E-state index contributed by atoms with van der Waals surface area (Å²) in [4.78, 5) is 0. The van der Waals surface area contributed by atoms with Gasteiger partial charge in [-0.3, -0.25) is 0 Å². The first-order valence-electron chi connectivity index (χ1n) is 3.37. The van der Waals surface area contributed by atoms with Crippen LogP contribution in [0.4, 0.5) is 0 Å². The first-order valence-corrected chi connectivity index (χ1v) is 3.37. The Hall–Kier alpha value is -0.980. The van der Waals surface area contributed by atoms with E-state index in [4.69, 9.17) is 5.73 Å².